The highest BCUT2D eigenvalue weighted by Gasteiger charge is 2.23. The Balaban J connectivity index is 0.000000185. The molecule has 0 saturated carbocycles. The van der Waals surface area contributed by atoms with Crippen molar-refractivity contribution < 1.29 is 9.90 Å². The maximum Gasteiger partial charge on any atom is 0.329 e. The molecule has 4 aromatic rings. The summed E-state index contributed by atoms with van der Waals surface area (Å²) in [6.45, 7) is 6.51. The molecule has 1 amide bonds. The number of nitrogens with zero attached hydrogens (tertiary/aromatic N) is 2. The first-order valence-electron chi connectivity index (χ1n) is 13.0. The second kappa shape index (κ2) is 11.0. The van der Waals surface area contributed by atoms with Crippen LogP contribution in [0.2, 0.25) is 0 Å². The molecular formula is C30H37N3O3. The molecule has 0 saturated heterocycles. The molecule has 1 heterocycles. The van der Waals surface area contributed by atoms with Crippen LogP contribution >= 0.6 is 0 Å². The normalized spacial score (nSPS) is 14.3. The van der Waals surface area contributed by atoms with Gasteiger partial charge in [0.05, 0.1) is 11.0 Å². The van der Waals surface area contributed by atoms with Crippen molar-refractivity contribution in [2.45, 2.75) is 71.4 Å². The number of para-hydroxylation sites is 2. The average molecular weight is 488 g/mol. The summed E-state index contributed by atoms with van der Waals surface area (Å²) in [7, 11) is 1.59. The van der Waals surface area contributed by atoms with Crippen LogP contribution in [0.5, 0.6) is 5.75 Å². The number of aromatic hydroxyl groups is 1. The number of rotatable bonds is 7. The number of fused-ring (bicyclic) bond motifs is 1. The molecule has 2 N–H and O–H groups in total. The fourth-order valence-corrected chi connectivity index (χ4v) is 5.60. The predicted molar refractivity (Wildman–Crippen MR) is 147 cm³/mol. The molecule has 1 aliphatic carbocycles. The van der Waals surface area contributed by atoms with Crippen LogP contribution in [-0.4, -0.2) is 27.2 Å². The third kappa shape index (κ3) is 4.77. The zero-order chi connectivity index (χ0) is 25.8. The minimum absolute atomic E-state index is 0.0633. The van der Waals surface area contributed by atoms with E-state index in [-0.39, 0.29) is 24.2 Å². The number of phenolic OH excluding ortho intramolecular Hbond substituents is 1. The van der Waals surface area contributed by atoms with Crippen LogP contribution < -0.4 is 11.0 Å². The smallest absolute Gasteiger partial charge is 0.329 e. The lowest BCUT2D eigenvalue weighted by atomic mass is 10.0. The number of carbonyl (C=O) groups excluding carboxylic acids is 1. The van der Waals surface area contributed by atoms with E-state index in [4.69, 9.17) is 0 Å². The Labute approximate surface area is 212 Å². The molecule has 1 atom stereocenters. The average Bonchev–Trinajstić information content (AvgIpc) is 3.36. The number of aromatic nitrogens is 2. The van der Waals surface area contributed by atoms with Crippen molar-refractivity contribution in [2.75, 3.05) is 7.05 Å². The zero-order valence-corrected chi connectivity index (χ0v) is 21.8. The van der Waals surface area contributed by atoms with Gasteiger partial charge in [0.25, 0.3) is 0 Å². The van der Waals surface area contributed by atoms with Crippen molar-refractivity contribution in [2.24, 2.45) is 0 Å². The van der Waals surface area contributed by atoms with Crippen LogP contribution in [0.1, 0.15) is 69.5 Å². The maximum absolute atomic E-state index is 12.9. The summed E-state index contributed by atoms with van der Waals surface area (Å²) >= 11 is 0. The molecule has 1 aromatic heterocycles. The van der Waals surface area contributed by atoms with Gasteiger partial charge in [-0.3, -0.25) is 13.9 Å². The highest BCUT2D eigenvalue weighted by atomic mass is 16.3. The van der Waals surface area contributed by atoms with E-state index in [2.05, 4.69) is 44.3 Å². The summed E-state index contributed by atoms with van der Waals surface area (Å²) in [5, 5.41) is 14.9. The Morgan fingerprint density at radius 3 is 2.39 bits per heavy atom. The fourth-order valence-electron chi connectivity index (χ4n) is 5.60. The number of hydrogen-bond acceptors (Lipinski definition) is 3. The zero-order valence-electron chi connectivity index (χ0n) is 21.8. The first kappa shape index (κ1) is 25.5. The number of benzene rings is 3. The highest BCUT2D eigenvalue weighted by molar-refractivity contribution is 5.93. The molecule has 3 aromatic carbocycles. The number of amides is 1. The summed E-state index contributed by atoms with van der Waals surface area (Å²) in [5.74, 6) is 0.749. The summed E-state index contributed by atoms with van der Waals surface area (Å²) in [6, 6.07) is 18.1. The van der Waals surface area contributed by atoms with E-state index in [0.29, 0.717) is 11.7 Å². The van der Waals surface area contributed by atoms with Crippen molar-refractivity contribution in [1.29, 1.82) is 0 Å². The molecule has 0 radical (unpaired) electrons. The summed E-state index contributed by atoms with van der Waals surface area (Å²) < 4.78 is 3.46. The molecule has 36 heavy (non-hydrogen) atoms. The van der Waals surface area contributed by atoms with Gasteiger partial charge >= 0.3 is 5.69 Å². The van der Waals surface area contributed by atoms with E-state index in [1.807, 2.05) is 41.0 Å². The SMILES string of the molecule is CC1Cc2cccc3ccc(O)c1c23.CCCC(CCC)n1c(=O)n(CC(=O)NC)c2ccccc21. The van der Waals surface area contributed by atoms with E-state index in [1.54, 1.807) is 11.6 Å². The third-order valence-electron chi connectivity index (χ3n) is 7.23. The molecule has 0 bridgehead atoms. The summed E-state index contributed by atoms with van der Waals surface area (Å²) in [6.07, 6.45) is 5.08. The Hall–Kier alpha value is -3.54. The van der Waals surface area contributed by atoms with Crippen LogP contribution in [0, 0.1) is 0 Å². The largest absolute Gasteiger partial charge is 0.508 e. The minimum Gasteiger partial charge on any atom is -0.508 e. The van der Waals surface area contributed by atoms with Crippen molar-refractivity contribution in [3.8, 4) is 5.75 Å². The quantitative estimate of drug-likeness (QED) is 0.341. The maximum atomic E-state index is 12.9. The van der Waals surface area contributed by atoms with Gasteiger partial charge in [-0.25, -0.2) is 4.79 Å². The standard InChI is InChI=1S/C17H25N3O2.C13H12O/c1-4-8-13(9-5-2)20-15-11-7-6-10-14(15)19(17(20)22)12-16(21)18-3;1-8-7-10-4-2-3-9-5-6-11(14)12(8)13(9)10/h6-7,10-11,13H,4-5,8-9,12H2,1-3H3,(H,18,21);2-6,8,14H,7H2,1H3. The Bertz CT molecular complexity index is 1430. The topological polar surface area (TPSA) is 76.3 Å². The molecule has 0 aliphatic heterocycles. The second-order valence-electron chi connectivity index (χ2n) is 9.75. The van der Waals surface area contributed by atoms with Crippen LogP contribution in [0.25, 0.3) is 21.8 Å². The van der Waals surface area contributed by atoms with Gasteiger partial charge in [-0.15, -0.1) is 0 Å². The third-order valence-corrected chi connectivity index (χ3v) is 7.23. The summed E-state index contributed by atoms with van der Waals surface area (Å²) in [5.41, 5.74) is 4.17. The molecule has 0 spiro atoms. The second-order valence-corrected chi connectivity index (χ2v) is 9.75. The van der Waals surface area contributed by atoms with Gasteiger partial charge in [0.2, 0.25) is 5.91 Å². The lowest BCUT2D eigenvalue weighted by Crippen LogP contribution is -2.32. The van der Waals surface area contributed by atoms with Crippen molar-refractivity contribution in [3.05, 3.63) is 76.2 Å². The number of likely N-dealkylation sites (N-methyl/N-ethyl adjacent to an activating group) is 1. The van der Waals surface area contributed by atoms with Crippen molar-refractivity contribution in [1.82, 2.24) is 14.5 Å². The number of imidazole rings is 1. The molecular weight excluding hydrogens is 450 g/mol. The molecule has 1 aliphatic rings. The lowest BCUT2D eigenvalue weighted by molar-refractivity contribution is -0.121. The van der Waals surface area contributed by atoms with Crippen LogP contribution in [0.4, 0.5) is 0 Å². The van der Waals surface area contributed by atoms with Gasteiger partial charge in [-0.2, -0.15) is 0 Å². The van der Waals surface area contributed by atoms with Gasteiger partial charge in [-0.05, 0) is 59.7 Å². The highest BCUT2D eigenvalue weighted by Crippen LogP contribution is 2.42. The van der Waals surface area contributed by atoms with Gasteiger partial charge in [0.15, 0.2) is 0 Å². The van der Waals surface area contributed by atoms with Crippen molar-refractivity contribution in [3.63, 3.8) is 0 Å². The van der Waals surface area contributed by atoms with Gasteiger partial charge < -0.3 is 10.4 Å². The van der Waals surface area contributed by atoms with Crippen molar-refractivity contribution >= 4 is 27.7 Å². The van der Waals surface area contributed by atoms with Gasteiger partial charge in [0, 0.05) is 18.7 Å². The number of carbonyl (C=O) groups is 1. The molecule has 6 heteroatoms. The monoisotopic (exact) mass is 487 g/mol. The van der Waals surface area contributed by atoms with E-state index < -0.39 is 0 Å². The molecule has 6 nitrogen and oxygen atoms in total. The number of hydrogen-bond donors (Lipinski definition) is 2. The number of phenols is 1. The lowest BCUT2D eigenvalue weighted by Gasteiger charge is -2.17. The Kier molecular flexibility index (Phi) is 7.82. The van der Waals surface area contributed by atoms with E-state index in [9.17, 15) is 14.7 Å². The Morgan fingerprint density at radius 2 is 1.72 bits per heavy atom. The number of nitrogens with one attached hydrogen (secondary N) is 1. The molecule has 1 unspecified atom stereocenters. The first-order valence-corrected chi connectivity index (χ1v) is 13.0. The predicted octanol–water partition coefficient (Wildman–Crippen LogP) is 5.90. The van der Waals surface area contributed by atoms with E-state index in [1.165, 1.54) is 16.3 Å². The Morgan fingerprint density at radius 1 is 1.03 bits per heavy atom. The van der Waals surface area contributed by atoms with E-state index >= 15 is 0 Å². The fraction of sp³-hybridized carbons (Fsp3) is 0.400. The molecule has 0 fully saturated rings. The van der Waals surface area contributed by atoms with Gasteiger partial charge in [0.1, 0.15) is 12.3 Å². The minimum atomic E-state index is -0.160. The van der Waals surface area contributed by atoms with Crippen LogP contribution in [0.3, 0.4) is 0 Å². The van der Waals surface area contributed by atoms with Gasteiger partial charge in [-0.1, -0.05) is 70.0 Å². The van der Waals surface area contributed by atoms with Crippen LogP contribution in [0.15, 0.2) is 59.4 Å². The first-order chi connectivity index (χ1) is 17.4. The molecule has 190 valence electrons. The van der Waals surface area contributed by atoms with E-state index in [0.717, 1.165) is 48.7 Å². The summed E-state index contributed by atoms with van der Waals surface area (Å²) in [4.78, 5) is 24.6. The van der Waals surface area contributed by atoms with Crippen LogP contribution in [-0.2, 0) is 17.8 Å². The molecule has 5 rings (SSSR count).